The second-order valence-electron chi connectivity index (χ2n) is 2.52. The van der Waals surface area contributed by atoms with Crippen molar-refractivity contribution in [2.75, 3.05) is 10.2 Å². The fraction of sp³-hybridized carbons (Fsp3) is 0.250. The Morgan fingerprint density at radius 2 is 1.62 bits per heavy atom. The summed E-state index contributed by atoms with van der Waals surface area (Å²) < 4.78 is 38.0. The molecule has 13 heavy (non-hydrogen) atoms. The quantitative estimate of drug-likeness (QED) is 0.567. The van der Waals surface area contributed by atoms with E-state index in [9.17, 15) is 13.2 Å². The predicted octanol–water partition coefficient (Wildman–Crippen LogP) is 3.49. The van der Waals surface area contributed by atoms with Crippen LogP contribution in [0.4, 0.5) is 18.9 Å². The first-order valence-electron chi connectivity index (χ1n) is 3.48. The SMILES string of the molecule is CN(I)c1ccc(C(F)(F)F)cc1. The van der Waals surface area contributed by atoms with Crippen molar-refractivity contribution in [3.63, 3.8) is 0 Å². The molecule has 0 heterocycles. The minimum Gasteiger partial charge on any atom is -0.318 e. The summed E-state index contributed by atoms with van der Waals surface area (Å²) in [6.45, 7) is 0. The molecule has 1 rings (SSSR count). The second kappa shape index (κ2) is 3.73. The Labute approximate surface area is 88.0 Å². The van der Waals surface area contributed by atoms with E-state index >= 15 is 0 Å². The van der Waals surface area contributed by atoms with Crippen LogP contribution in [0.1, 0.15) is 5.56 Å². The Bertz CT molecular complexity index is 278. The van der Waals surface area contributed by atoms with Gasteiger partial charge in [-0.2, -0.15) is 13.2 Å². The summed E-state index contributed by atoms with van der Waals surface area (Å²) in [6.07, 6.45) is -4.25. The minimum absolute atomic E-state index is 0.616. The van der Waals surface area contributed by atoms with Crippen molar-refractivity contribution in [1.29, 1.82) is 0 Å². The molecule has 0 aliphatic heterocycles. The standard InChI is InChI=1S/C8H7F3IN/c1-13(12)7-4-2-6(3-5-7)8(9,10)11/h2-5H,1H3. The zero-order chi connectivity index (χ0) is 10.1. The third kappa shape index (κ3) is 2.75. The van der Waals surface area contributed by atoms with Gasteiger partial charge in [0.1, 0.15) is 0 Å². The van der Waals surface area contributed by atoms with Crippen LogP contribution in [0.2, 0.25) is 0 Å². The van der Waals surface area contributed by atoms with E-state index in [1.54, 1.807) is 10.2 Å². The van der Waals surface area contributed by atoms with E-state index < -0.39 is 11.7 Å². The average Bonchev–Trinajstić information content (AvgIpc) is 2.03. The maximum absolute atomic E-state index is 12.1. The molecule has 0 aromatic heterocycles. The number of rotatable bonds is 1. The van der Waals surface area contributed by atoms with E-state index in [0.717, 1.165) is 17.8 Å². The fourth-order valence-electron chi connectivity index (χ4n) is 0.856. The molecule has 0 bridgehead atoms. The second-order valence-corrected chi connectivity index (χ2v) is 3.97. The van der Waals surface area contributed by atoms with Gasteiger partial charge in [0.2, 0.25) is 0 Å². The Balaban J connectivity index is 2.94. The van der Waals surface area contributed by atoms with Crippen LogP contribution in [0.15, 0.2) is 24.3 Å². The normalized spacial score (nSPS) is 11.5. The third-order valence-corrected chi connectivity index (χ3v) is 2.11. The van der Waals surface area contributed by atoms with Gasteiger partial charge in [-0.25, -0.2) is 0 Å². The smallest absolute Gasteiger partial charge is 0.318 e. The van der Waals surface area contributed by atoms with Crippen LogP contribution in [0.5, 0.6) is 0 Å². The lowest BCUT2D eigenvalue weighted by Crippen LogP contribution is -2.05. The van der Waals surface area contributed by atoms with Crippen molar-refractivity contribution >= 4 is 28.6 Å². The van der Waals surface area contributed by atoms with E-state index in [1.807, 2.05) is 22.9 Å². The molecule has 0 saturated carbocycles. The van der Waals surface area contributed by atoms with E-state index in [-0.39, 0.29) is 0 Å². The molecule has 0 spiro atoms. The van der Waals surface area contributed by atoms with Crippen molar-refractivity contribution in [3.8, 4) is 0 Å². The molecule has 1 aromatic rings. The highest BCUT2D eigenvalue weighted by Crippen LogP contribution is 2.30. The van der Waals surface area contributed by atoms with Crippen LogP contribution in [0.3, 0.4) is 0 Å². The van der Waals surface area contributed by atoms with Gasteiger partial charge in [-0.15, -0.1) is 0 Å². The summed E-state index contributed by atoms with van der Waals surface area (Å²) in [5.74, 6) is 0. The highest BCUT2D eigenvalue weighted by Gasteiger charge is 2.29. The van der Waals surface area contributed by atoms with Crippen LogP contribution < -0.4 is 3.11 Å². The summed E-state index contributed by atoms with van der Waals surface area (Å²) in [7, 11) is 1.77. The van der Waals surface area contributed by atoms with Gasteiger partial charge < -0.3 is 3.11 Å². The van der Waals surface area contributed by atoms with Gasteiger partial charge in [0.05, 0.1) is 28.4 Å². The highest BCUT2D eigenvalue weighted by molar-refractivity contribution is 14.1. The third-order valence-electron chi connectivity index (χ3n) is 1.55. The van der Waals surface area contributed by atoms with Crippen LogP contribution >= 0.6 is 22.9 Å². The average molecular weight is 301 g/mol. The Kier molecular flexibility index (Phi) is 3.05. The van der Waals surface area contributed by atoms with Crippen molar-refractivity contribution in [2.45, 2.75) is 6.18 Å². The molecule has 1 nitrogen and oxygen atoms in total. The number of hydrogen-bond acceptors (Lipinski definition) is 1. The lowest BCUT2D eigenvalue weighted by Gasteiger charge is -2.11. The van der Waals surface area contributed by atoms with Crippen LogP contribution in [0.25, 0.3) is 0 Å². The molecule has 0 fully saturated rings. The number of nitrogens with zero attached hydrogens (tertiary/aromatic N) is 1. The molecule has 0 N–H and O–H groups in total. The summed E-state index contributed by atoms with van der Waals surface area (Å²) in [4.78, 5) is 0. The van der Waals surface area contributed by atoms with Crippen LogP contribution in [-0.4, -0.2) is 7.05 Å². The highest BCUT2D eigenvalue weighted by atomic mass is 127. The van der Waals surface area contributed by atoms with Gasteiger partial charge in [-0.1, -0.05) is 0 Å². The summed E-state index contributed by atoms with van der Waals surface area (Å²) in [6, 6.07) is 5.03. The van der Waals surface area contributed by atoms with E-state index in [0.29, 0.717) is 0 Å². The monoisotopic (exact) mass is 301 g/mol. The fourth-order valence-corrected chi connectivity index (χ4v) is 1.18. The molecular weight excluding hydrogens is 294 g/mol. The molecular formula is C8H7F3IN. The van der Waals surface area contributed by atoms with Gasteiger partial charge in [-0.05, 0) is 24.3 Å². The maximum Gasteiger partial charge on any atom is 0.416 e. The van der Waals surface area contributed by atoms with Crippen molar-refractivity contribution in [1.82, 2.24) is 0 Å². The topological polar surface area (TPSA) is 3.24 Å². The van der Waals surface area contributed by atoms with Crippen molar-refractivity contribution < 1.29 is 13.2 Å². The summed E-state index contributed by atoms with van der Waals surface area (Å²) >= 11 is 1.99. The number of benzene rings is 1. The Morgan fingerprint density at radius 3 is 1.92 bits per heavy atom. The zero-order valence-corrected chi connectivity index (χ0v) is 8.93. The number of alkyl halides is 3. The number of anilines is 1. The summed E-state index contributed by atoms with van der Waals surface area (Å²) in [5.41, 5.74) is 0.128. The Morgan fingerprint density at radius 1 is 1.15 bits per heavy atom. The first kappa shape index (κ1) is 10.6. The van der Waals surface area contributed by atoms with Gasteiger partial charge in [0.25, 0.3) is 0 Å². The van der Waals surface area contributed by atoms with E-state index in [1.165, 1.54) is 12.1 Å². The number of hydrogen-bond donors (Lipinski definition) is 0. The van der Waals surface area contributed by atoms with Gasteiger partial charge in [0.15, 0.2) is 0 Å². The number of halogens is 4. The molecule has 0 aliphatic carbocycles. The molecule has 0 unspecified atom stereocenters. The molecule has 0 aliphatic rings. The molecule has 5 heteroatoms. The van der Waals surface area contributed by atoms with Gasteiger partial charge >= 0.3 is 6.18 Å². The van der Waals surface area contributed by atoms with Crippen molar-refractivity contribution in [3.05, 3.63) is 29.8 Å². The molecule has 0 radical (unpaired) electrons. The zero-order valence-electron chi connectivity index (χ0n) is 6.77. The van der Waals surface area contributed by atoms with Gasteiger partial charge in [-0.3, -0.25) is 0 Å². The molecule has 1 aromatic carbocycles. The Hall–Kier alpha value is -0.460. The van der Waals surface area contributed by atoms with Crippen LogP contribution in [-0.2, 0) is 6.18 Å². The largest absolute Gasteiger partial charge is 0.416 e. The predicted molar refractivity (Wildman–Crippen MR) is 53.9 cm³/mol. The first-order chi connectivity index (χ1) is 5.91. The summed E-state index contributed by atoms with van der Waals surface area (Å²) in [5, 5.41) is 0. The van der Waals surface area contributed by atoms with Crippen molar-refractivity contribution in [2.24, 2.45) is 0 Å². The van der Waals surface area contributed by atoms with E-state index in [4.69, 9.17) is 0 Å². The molecule has 72 valence electrons. The minimum atomic E-state index is -4.25. The first-order valence-corrected chi connectivity index (χ1v) is 4.44. The molecule has 0 amide bonds. The molecule has 0 atom stereocenters. The van der Waals surface area contributed by atoms with Crippen LogP contribution in [0, 0.1) is 0 Å². The van der Waals surface area contributed by atoms with E-state index in [2.05, 4.69) is 0 Å². The molecule has 0 saturated heterocycles. The lowest BCUT2D eigenvalue weighted by molar-refractivity contribution is -0.137. The lowest BCUT2D eigenvalue weighted by atomic mass is 10.2. The maximum atomic E-state index is 12.1. The van der Waals surface area contributed by atoms with Gasteiger partial charge in [0, 0.05) is 12.7 Å².